The van der Waals surface area contributed by atoms with Gasteiger partial charge in [0.1, 0.15) is 5.75 Å². The summed E-state index contributed by atoms with van der Waals surface area (Å²) < 4.78 is 0. The van der Waals surface area contributed by atoms with Crippen LogP contribution in [-0.2, 0) is 0 Å². The first-order chi connectivity index (χ1) is 8.77. The molecule has 0 aliphatic heterocycles. The van der Waals surface area contributed by atoms with Crippen LogP contribution in [0.1, 0.15) is 11.1 Å². The van der Waals surface area contributed by atoms with Crippen molar-refractivity contribution in [2.45, 2.75) is 0 Å². The van der Waals surface area contributed by atoms with Crippen LogP contribution in [0, 0.1) is 0 Å². The fourth-order valence-electron chi connectivity index (χ4n) is 1.62. The highest BCUT2D eigenvalue weighted by molar-refractivity contribution is 5.84. The highest BCUT2D eigenvalue weighted by atomic mass is 16.3. The van der Waals surface area contributed by atoms with Crippen LogP contribution in [0.5, 0.6) is 5.75 Å². The van der Waals surface area contributed by atoms with Crippen LogP contribution in [0.4, 0.5) is 0 Å². The topological polar surface area (TPSA) is 32.6 Å². The molecular weight excluding hydrogens is 222 g/mol. The van der Waals surface area contributed by atoms with Crippen LogP contribution in [0.3, 0.4) is 0 Å². The summed E-state index contributed by atoms with van der Waals surface area (Å²) in [7, 11) is 0. The standard InChI is InChI=1S/C16H15NO/c1-13(14-7-3-2-4-8-14)11-17-12-15-9-5-6-10-16(15)18/h2-10,12,18H,1,11H2. The molecule has 0 amide bonds. The van der Waals surface area contributed by atoms with Crippen LogP contribution < -0.4 is 0 Å². The van der Waals surface area contributed by atoms with Crippen LogP contribution in [-0.4, -0.2) is 17.9 Å². The molecule has 90 valence electrons. The Morgan fingerprint density at radius 3 is 2.44 bits per heavy atom. The van der Waals surface area contributed by atoms with Gasteiger partial charge in [-0.25, -0.2) is 0 Å². The fraction of sp³-hybridized carbons (Fsp3) is 0.0625. The molecule has 1 N–H and O–H groups in total. The number of rotatable bonds is 4. The SMILES string of the molecule is C=C(CN=Cc1ccccc1O)c1ccccc1. The predicted octanol–water partition coefficient (Wildman–Crippen LogP) is 3.52. The summed E-state index contributed by atoms with van der Waals surface area (Å²) >= 11 is 0. The lowest BCUT2D eigenvalue weighted by atomic mass is 10.1. The molecule has 0 bridgehead atoms. The van der Waals surface area contributed by atoms with Crippen molar-refractivity contribution in [2.75, 3.05) is 6.54 Å². The van der Waals surface area contributed by atoms with Gasteiger partial charge in [0.05, 0.1) is 6.54 Å². The Balaban J connectivity index is 2.00. The van der Waals surface area contributed by atoms with E-state index in [1.165, 1.54) is 0 Å². The molecule has 2 aromatic rings. The van der Waals surface area contributed by atoms with Crippen molar-refractivity contribution >= 4 is 11.8 Å². The molecule has 18 heavy (non-hydrogen) atoms. The van der Waals surface area contributed by atoms with E-state index < -0.39 is 0 Å². The van der Waals surface area contributed by atoms with Crippen LogP contribution in [0.25, 0.3) is 5.57 Å². The molecule has 0 radical (unpaired) electrons. The highest BCUT2D eigenvalue weighted by Crippen LogP contribution is 2.14. The van der Waals surface area contributed by atoms with E-state index >= 15 is 0 Å². The molecule has 0 aromatic heterocycles. The lowest BCUT2D eigenvalue weighted by Crippen LogP contribution is -1.89. The van der Waals surface area contributed by atoms with Gasteiger partial charge in [-0.2, -0.15) is 0 Å². The second-order valence-electron chi connectivity index (χ2n) is 4.00. The Morgan fingerprint density at radius 2 is 1.72 bits per heavy atom. The lowest BCUT2D eigenvalue weighted by Gasteiger charge is -2.02. The highest BCUT2D eigenvalue weighted by Gasteiger charge is 1.97. The zero-order chi connectivity index (χ0) is 12.8. The summed E-state index contributed by atoms with van der Waals surface area (Å²) in [5, 5.41) is 9.58. The van der Waals surface area contributed by atoms with E-state index in [2.05, 4.69) is 11.6 Å². The number of phenolic OH excluding ortho intramolecular Hbond substituents is 1. The molecule has 0 unspecified atom stereocenters. The minimum Gasteiger partial charge on any atom is -0.507 e. The van der Waals surface area contributed by atoms with E-state index in [-0.39, 0.29) is 5.75 Å². The van der Waals surface area contributed by atoms with E-state index in [9.17, 15) is 5.11 Å². The Labute approximate surface area is 107 Å². The fourth-order valence-corrected chi connectivity index (χ4v) is 1.62. The number of hydrogen-bond donors (Lipinski definition) is 1. The summed E-state index contributed by atoms with van der Waals surface area (Å²) in [5.41, 5.74) is 2.77. The largest absolute Gasteiger partial charge is 0.507 e. The number of nitrogens with zero attached hydrogens (tertiary/aromatic N) is 1. The number of para-hydroxylation sites is 1. The molecule has 0 aliphatic carbocycles. The Hall–Kier alpha value is -2.35. The zero-order valence-corrected chi connectivity index (χ0v) is 10.1. The third-order valence-electron chi connectivity index (χ3n) is 2.63. The van der Waals surface area contributed by atoms with Crippen molar-refractivity contribution in [1.82, 2.24) is 0 Å². The van der Waals surface area contributed by atoms with Gasteiger partial charge in [-0.3, -0.25) is 4.99 Å². The van der Waals surface area contributed by atoms with Gasteiger partial charge >= 0.3 is 0 Å². The quantitative estimate of drug-likeness (QED) is 0.811. The van der Waals surface area contributed by atoms with Gasteiger partial charge < -0.3 is 5.11 Å². The average Bonchev–Trinajstić information content (AvgIpc) is 2.42. The molecule has 0 fully saturated rings. The molecule has 2 rings (SSSR count). The smallest absolute Gasteiger partial charge is 0.124 e. The maximum Gasteiger partial charge on any atom is 0.124 e. The molecule has 0 saturated heterocycles. The molecule has 2 aromatic carbocycles. The summed E-state index contributed by atoms with van der Waals surface area (Å²) in [4.78, 5) is 4.29. The Bertz CT molecular complexity index is 558. The summed E-state index contributed by atoms with van der Waals surface area (Å²) in [6, 6.07) is 17.1. The molecular formula is C16H15NO. The van der Waals surface area contributed by atoms with Gasteiger partial charge in [0.25, 0.3) is 0 Å². The number of aromatic hydroxyl groups is 1. The molecule has 2 heteroatoms. The van der Waals surface area contributed by atoms with Crippen molar-refractivity contribution in [3.63, 3.8) is 0 Å². The number of phenols is 1. The monoisotopic (exact) mass is 237 g/mol. The van der Waals surface area contributed by atoms with Gasteiger partial charge in [-0.15, -0.1) is 0 Å². The van der Waals surface area contributed by atoms with E-state index in [1.54, 1.807) is 18.3 Å². The van der Waals surface area contributed by atoms with Gasteiger partial charge in [0.15, 0.2) is 0 Å². The second kappa shape index (κ2) is 5.82. The van der Waals surface area contributed by atoms with Crippen molar-refractivity contribution in [2.24, 2.45) is 4.99 Å². The molecule has 0 aliphatic rings. The van der Waals surface area contributed by atoms with E-state index in [0.717, 1.165) is 16.7 Å². The van der Waals surface area contributed by atoms with E-state index in [4.69, 9.17) is 0 Å². The minimum absolute atomic E-state index is 0.242. The van der Waals surface area contributed by atoms with E-state index in [0.29, 0.717) is 6.54 Å². The van der Waals surface area contributed by atoms with Gasteiger partial charge in [-0.05, 0) is 23.3 Å². The third kappa shape index (κ3) is 3.08. The van der Waals surface area contributed by atoms with E-state index in [1.807, 2.05) is 42.5 Å². The summed E-state index contributed by atoms with van der Waals surface area (Å²) in [6.45, 7) is 4.53. The predicted molar refractivity (Wildman–Crippen MR) is 76.0 cm³/mol. The van der Waals surface area contributed by atoms with Gasteiger partial charge in [-0.1, -0.05) is 49.0 Å². The first-order valence-electron chi connectivity index (χ1n) is 5.78. The van der Waals surface area contributed by atoms with Crippen LogP contribution in [0.2, 0.25) is 0 Å². The normalized spacial score (nSPS) is 10.7. The number of aliphatic imine (C=N–C) groups is 1. The van der Waals surface area contributed by atoms with Crippen molar-refractivity contribution in [3.8, 4) is 5.75 Å². The molecule has 0 atom stereocenters. The van der Waals surface area contributed by atoms with Crippen molar-refractivity contribution in [3.05, 3.63) is 72.3 Å². The van der Waals surface area contributed by atoms with Gasteiger partial charge in [0.2, 0.25) is 0 Å². The number of benzene rings is 2. The number of hydrogen-bond acceptors (Lipinski definition) is 2. The Kier molecular flexibility index (Phi) is 3.92. The third-order valence-corrected chi connectivity index (χ3v) is 2.63. The zero-order valence-electron chi connectivity index (χ0n) is 10.1. The molecule has 0 heterocycles. The molecule has 0 saturated carbocycles. The Morgan fingerprint density at radius 1 is 1.06 bits per heavy atom. The first-order valence-corrected chi connectivity index (χ1v) is 5.78. The van der Waals surface area contributed by atoms with Crippen molar-refractivity contribution < 1.29 is 5.11 Å². The second-order valence-corrected chi connectivity index (χ2v) is 4.00. The van der Waals surface area contributed by atoms with Gasteiger partial charge in [0, 0.05) is 11.8 Å². The van der Waals surface area contributed by atoms with Crippen molar-refractivity contribution in [1.29, 1.82) is 0 Å². The van der Waals surface area contributed by atoms with Crippen LogP contribution >= 0.6 is 0 Å². The molecule has 0 spiro atoms. The first kappa shape index (κ1) is 12.1. The van der Waals surface area contributed by atoms with Crippen LogP contribution in [0.15, 0.2) is 66.2 Å². The minimum atomic E-state index is 0.242. The summed E-state index contributed by atoms with van der Waals surface area (Å²) in [5.74, 6) is 0.242. The molecule has 2 nitrogen and oxygen atoms in total. The lowest BCUT2D eigenvalue weighted by molar-refractivity contribution is 0.474. The average molecular weight is 237 g/mol. The maximum atomic E-state index is 9.58. The summed E-state index contributed by atoms with van der Waals surface area (Å²) in [6.07, 6.45) is 1.67. The maximum absolute atomic E-state index is 9.58.